The summed E-state index contributed by atoms with van der Waals surface area (Å²) in [6.07, 6.45) is 3.99. The van der Waals surface area contributed by atoms with Gasteiger partial charge in [0.2, 0.25) is 5.91 Å². The molecule has 0 aliphatic carbocycles. The summed E-state index contributed by atoms with van der Waals surface area (Å²) in [6.45, 7) is 8.57. The molecule has 1 amide bonds. The summed E-state index contributed by atoms with van der Waals surface area (Å²) in [7, 11) is 0. The quantitative estimate of drug-likeness (QED) is 0.670. The molecule has 1 fully saturated rings. The maximum Gasteiger partial charge on any atom is 0.239 e. The smallest absolute Gasteiger partial charge is 0.239 e. The molecule has 1 unspecified atom stereocenters. The lowest BCUT2D eigenvalue weighted by Crippen LogP contribution is -2.47. The third kappa shape index (κ3) is 3.32. The third-order valence-electron chi connectivity index (χ3n) is 3.07. The van der Waals surface area contributed by atoms with E-state index in [1.807, 2.05) is 16.7 Å². The van der Waals surface area contributed by atoms with Crippen molar-refractivity contribution in [2.24, 2.45) is 0 Å². The predicted molar refractivity (Wildman–Crippen MR) is 64.1 cm³/mol. The van der Waals surface area contributed by atoms with Crippen LogP contribution in [0.2, 0.25) is 0 Å². The summed E-state index contributed by atoms with van der Waals surface area (Å²) in [4.78, 5) is 16.0. The molecule has 1 rings (SSSR count). The molecular formula is C12H22N2O2. The van der Waals surface area contributed by atoms with Gasteiger partial charge in [0.15, 0.2) is 0 Å². The minimum Gasteiger partial charge on any atom is -0.395 e. The Bertz CT molecular complexity index is 237. The minimum absolute atomic E-state index is 0.0749. The Morgan fingerprint density at radius 1 is 1.56 bits per heavy atom. The van der Waals surface area contributed by atoms with E-state index in [0.717, 1.165) is 25.9 Å². The topological polar surface area (TPSA) is 43.8 Å². The first-order chi connectivity index (χ1) is 7.70. The summed E-state index contributed by atoms with van der Waals surface area (Å²) in [5, 5.41) is 8.96. The van der Waals surface area contributed by atoms with Crippen molar-refractivity contribution in [3.63, 3.8) is 0 Å². The lowest BCUT2D eigenvalue weighted by atomic mass is 10.2. The molecule has 1 aliphatic heterocycles. The molecule has 1 aliphatic rings. The number of hydrogen-bond donors (Lipinski definition) is 1. The number of aliphatic hydroxyl groups is 1. The fourth-order valence-corrected chi connectivity index (χ4v) is 2.10. The van der Waals surface area contributed by atoms with E-state index in [2.05, 4.69) is 6.58 Å². The largest absolute Gasteiger partial charge is 0.395 e. The van der Waals surface area contributed by atoms with Gasteiger partial charge < -0.3 is 10.0 Å². The van der Waals surface area contributed by atoms with E-state index in [1.54, 1.807) is 6.08 Å². The van der Waals surface area contributed by atoms with Gasteiger partial charge >= 0.3 is 0 Å². The van der Waals surface area contributed by atoms with E-state index >= 15 is 0 Å². The molecule has 0 bridgehead atoms. The number of amides is 1. The Morgan fingerprint density at radius 2 is 2.19 bits per heavy atom. The zero-order valence-electron chi connectivity index (χ0n) is 10.1. The molecule has 0 aromatic rings. The molecule has 4 heteroatoms. The average Bonchev–Trinajstić information content (AvgIpc) is 2.80. The van der Waals surface area contributed by atoms with Gasteiger partial charge in [0.05, 0.1) is 12.6 Å². The molecule has 0 saturated carbocycles. The molecule has 1 N–H and O–H groups in total. The van der Waals surface area contributed by atoms with E-state index in [4.69, 9.17) is 5.11 Å². The SMILES string of the molecule is C=CCN(CCO)C(C)C(=O)N1CCCC1. The Labute approximate surface area is 97.5 Å². The summed E-state index contributed by atoms with van der Waals surface area (Å²) >= 11 is 0. The molecule has 4 nitrogen and oxygen atoms in total. The summed E-state index contributed by atoms with van der Waals surface area (Å²) in [5.74, 6) is 0.174. The van der Waals surface area contributed by atoms with Gasteiger partial charge in [0.1, 0.15) is 0 Å². The Morgan fingerprint density at radius 3 is 2.69 bits per heavy atom. The molecule has 1 saturated heterocycles. The fourth-order valence-electron chi connectivity index (χ4n) is 2.10. The van der Waals surface area contributed by atoms with Crippen molar-refractivity contribution in [2.75, 3.05) is 32.8 Å². The van der Waals surface area contributed by atoms with Crippen molar-refractivity contribution in [1.82, 2.24) is 9.80 Å². The highest BCUT2D eigenvalue weighted by Gasteiger charge is 2.26. The van der Waals surface area contributed by atoms with Crippen LogP contribution in [0.5, 0.6) is 0 Å². The zero-order valence-corrected chi connectivity index (χ0v) is 10.1. The Balaban J connectivity index is 2.53. The van der Waals surface area contributed by atoms with E-state index in [-0.39, 0.29) is 18.6 Å². The Kier molecular flexibility index (Phi) is 5.49. The van der Waals surface area contributed by atoms with Crippen molar-refractivity contribution in [3.8, 4) is 0 Å². The highest BCUT2D eigenvalue weighted by Crippen LogP contribution is 2.11. The van der Waals surface area contributed by atoms with E-state index in [1.165, 1.54) is 0 Å². The van der Waals surface area contributed by atoms with Gasteiger partial charge in [-0.05, 0) is 19.8 Å². The van der Waals surface area contributed by atoms with Gasteiger partial charge in [-0.25, -0.2) is 0 Å². The van der Waals surface area contributed by atoms with Crippen LogP contribution < -0.4 is 0 Å². The van der Waals surface area contributed by atoms with Crippen LogP contribution in [0.4, 0.5) is 0 Å². The second kappa shape index (κ2) is 6.66. The number of hydrogen-bond acceptors (Lipinski definition) is 3. The molecule has 0 aromatic heterocycles. The highest BCUT2D eigenvalue weighted by atomic mass is 16.3. The summed E-state index contributed by atoms with van der Waals surface area (Å²) in [5.41, 5.74) is 0. The first-order valence-corrected chi connectivity index (χ1v) is 5.95. The molecule has 92 valence electrons. The minimum atomic E-state index is -0.164. The predicted octanol–water partition coefficient (Wildman–Crippen LogP) is 0.478. The lowest BCUT2D eigenvalue weighted by molar-refractivity contribution is -0.135. The molecule has 16 heavy (non-hydrogen) atoms. The van der Waals surface area contributed by atoms with Crippen molar-refractivity contribution in [1.29, 1.82) is 0 Å². The summed E-state index contributed by atoms with van der Waals surface area (Å²) in [6, 6.07) is -0.164. The van der Waals surface area contributed by atoms with Crippen LogP contribution >= 0.6 is 0 Å². The highest BCUT2D eigenvalue weighted by molar-refractivity contribution is 5.81. The van der Waals surface area contributed by atoms with Crippen molar-refractivity contribution >= 4 is 5.91 Å². The number of carbonyl (C=O) groups is 1. The van der Waals surface area contributed by atoms with Crippen molar-refractivity contribution < 1.29 is 9.90 Å². The van der Waals surface area contributed by atoms with Crippen LogP contribution in [-0.4, -0.2) is 59.6 Å². The number of likely N-dealkylation sites (tertiary alicyclic amines) is 1. The van der Waals surface area contributed by atoms with E-state index in [0.29, 0.717) is 13.1 Å². The van der Waals surface area contributed by atoms with Crippen LogP contribution in [0.15, 0.2) is 12.7 Å². The van der Waals surface area contributed by atoms with Gasteiger partial charge in [-0.1, -0.05) is 6.08 Å². The van der Waals surface area contributed by atoms with Crippen molar-refractivity contribution in [2.45, 2.75) is 25.8 Å². The molecule has 0 aromatic carbocycles. The molecule has 0 radical (unpaired) electrons. The average molecular weight is 226 g/mol. The van der Waals surface area contributed by atoms with Gasteiger partial charge in [-0.15, -0.1) is 6.58 Å². The molecule has 0 spiro atoms. The monoisotopic (exact) mass is 226 g/mol. The second-order valence-corrected chi connectivity index (χ2v) is 4.22. The number of nitrogens with zero attached hydrogens (tertiary/aromatic N) is 2. The van der Waals surface area contributed by atoms with Gasteiger partial charge in [-0.2, -0.15) is 0 Å². The van der Waals surface area contributed by atoms with Crippen molar-refractivity contribution in [3.05, 3.63) is 12.7 Å². The van der Waals surface area contributed by atoms with E-state index < -0.39 is 0 Å². The molecule has 1 heterocycles. The first-order valence-electron chi connectivity index (χ1n) is 5.95. The maximum atomic E-state index is 12.1. The van der Waals surface area contributed by atoms with Crippen LogP contribution in [-0.2, 0) is 4.79 Å². The molecule has 1 atom stereocenters. The van der Waals surface area contributed by atoms with E-state index in [9.17, 15) is 4.79 Å². The summed E-state index contributed by atoms with van der Waals surface area (Å²) < 4.78 is 0. The maximum absolute atomic E-state index is 12.1. The first kappa shape index (κ1) is 13.2. The standard InChI is InChI=1S/C12H22N2O2/c1-3-6-13(9-10-15)11(2)12(16)14-7-4-5-8-14/h3,11,15H,1,4-10H2,2H3. The van der Waals surface area contributed by atoms with Crippen LogP contribution in [0.25, 0.3) is 0 Å². The number of rotatable bonds is 6. The third-order valence-corrected chi connectivity index (χ3v) is 3.07. The molecular weight excluding hydrogens is 204 g/mol. The normalized spacial score (nSPS) is 17.8. The lowest BCUT2D eigenvalue weighted by Gasteiger charge is -2.29. The van der Waals surface area contributed by atoms with Crippen LogP contribution in [0, 0.1) is 0 Å². The fraction of sp³-hybridized carbons (Fsp3) is 0.750. The van der Waals surface area contributed by atoms with Gasteiger partial charge in [-0.3, -0.25) is 9.69 Å². The van der Waals surface area contributed by atoms with Crippen LogP contribution in [0.3, 0.4) is 0 Å². The number of aliphatic hydroxyl groups excluding tert-OH is 1. The van der Waals surface area contributed by atoms with Gasteiger partial charge in [0.25, 0.3) is 0 Å². The second-order valence-electron chi connectivity index (χ2n) is 4.22. The zero-order chi connectivity index (χ0) is 12.0. The Hall–Kier alpha value is -0.870. The van der Waals surface area contributed by atoms with Crippen LogP contribution in [0.1, 0.15) is 19.8 Å². The van der Waals surface area contributed by atoms with Gasteiger partial charge in [0, 0.05) is 26.2 Å². The number of carbonyl (C=O) groups excluding carboxylic acids is 1.